The zero-order valence-electron chi connectivity index (χ0n) is 21.3. The van der Waals surface area contributed by atoms with Crippen LogP contribution in [0.15, 0.2) is 24.4 Å². The highest BCUT2D eigenvalue weighted by atomic mass is 16.3. The third-order valence-corrected chi connectivity index (χ3v) is 9.49. The van der Waals surface area contributed by atoms with Crippen molar-refractivity contribution in [1.82, 2.24) is 24.5 Å². The van der Waals surface area contributed by atoms with Gasteiger partial charge in [-0.15, -0.1) is 0 Å². The molecule has 3 N–H and O–H groups in total. The molecule has 0 unspecified atom stereocenters. The summed E-state index contributed by atoms with van der Waals surface area (Å²) in [4.78, 5) is 22.7. The van der Waals surface area contributed by atoms with Crippen molar-refractivity contribution in [1.29, 1.82) is 0 Å². The lowest BCUT2D eigenvalue weighted by Gasteiger charge is -2.56. The van der Waals surface area contributed by atoms with Crippen LogP contribution in [0.3, 0.4) is 0 Å². The van der Waals surface area contributed by atoms with Crippen molar-refractivity contribution in [3.63, 3.8) is 0 Å². The van der Waals surface area contributed by atoms with Crippen molar-refractivity contribution in [2.24, 2.45) is 23.2 Å². The molecule has 1 atom stereocenters. The van der Waals surface area contributed by atoms with Gasteiger partial charge in [-0.1, -0.05) is 6.07 Å². The molecule has 8 heteroatoms. The topological polar surface area (TPSA) is 93.3 Å². The Labute approximate surface area is 213 Å². The number of fused-ring (bicyclic) bond motifs is 1. The quantitative estimate of drug-likeness (QED) is 0.468. The van der Waals surface area contributed by atoms with Crippen LogP contribution in [-0.4, -0.2) is 87.3 Å². The molecular weight excluding hydrogens is 454 g/mol. The third kappa shape index (κ3) is 4.80. The fraction of sp³-hybridized carbons (Fsp3) is 0.714. The Hall–Kier alpha value is -2.00. The van der Waals surface area contributed by atoms with E-state index in [1.165, 1.54) is 38.5 Å². The van der Waals surface area contributed by atoms with Crippen LogP contribution in [0.25, 0.3) is 5.65 Å². The molecule has 0 spiro atoms. The highest BCUT2D eigenvalue weighted by Crippen LogP contribution is 2.59. The second kappa shape index (κ2) is 10.0. The van der Waals surface area contributed by atoms with E-state index < -0.39 is 0 Å². The van der Waals surface area contributed by atoms with Gasteiger partial charge in [0.25, 0.3) is 5.91 Å². The van der Waals surface area contributed by atoms with Crippen molar-refractivity contribution in [3.8, 4) is 0 Å². The van der Waals surface area contributed by atoms with Gasteiger partial charge in [-0.25, -0.2) is 4.98 Å². The lowest BCUT2D eigenvalue weighted by Crippen LogP contribution is -2.51. The van der Waals surface area contributed by atoms with Gasteiger partial charge in [0, 0.05) is 51.5 Å². The van der Waals surface area contributed by atoms with Gasteiger partial charge in [-0.05, 0) is 80.2 Å². The zero-order chi connectivity index (χ0) is 24.7. The summed E-state index contributed by atoms with van der Waals surface area (Å²) in [6, 6.07) is 6.14. The fourth-order valence-electron chi connectivity index (χ4n) is 8.40. The van der Waals surface area contributed by atoms with E-state index in [0.29, 0.717) is 30.2 Å². The van der Waals surface area contributed by atoms with Crippen LogP contribution >= 0.6 is 0 Å². The lowest BCUT2D eigenvalue weighted by atomic mass is 9.49. The van der Waals surface area contributed by atoms with Crippen molar-refractivity contribution in [2.45, 2.75) is 57.5 Å². The summed E-state index contributed by atoms with van der Waals surface area (Å²) >= 11 is 0. The smallest absolute Gasteiger partial charge is 0.268 e. The van der Waals surface area contributed by atoms with Gasteiger partial charge >= 0.3 is 0 Å². The molecule has 196 valence electrons. The number of nitrogens with zero attached hydrogens (tertiary/aromatic N) is 4. The van der Waals surface area contributed by atoms with E-state index >= 15 is 0 Å². The molecule has 5 fully saturated rings. The van der Waals surface area contributed by atoms with Crippen LogP contribution in [0.5, 0.6) is 0 Å². The number of likely N-dealkylation sites (tertiary alicyclic amines) is 1. The Morgan fingerprint density at radius 2 is 1.78 bits per heavy atom. The third-order valence-electron chi connectivity index (χ3n) is 9.49. The maximum Gasteiger partial charge on any atom is 0.268 e. The molecule has 1 amide bonds. The minimum atomic E-state index is 0.00480. The summed E-state index contributed by atoms with van der Waals surface area (Å²) in [7, 11) is 0. The predicted octanol–water partition coefficient (Wildman–Crippen LogP) is 2.14. The highest BCUT2D eigenvalue weighted by Gasteiger charge is 2.50. The normalized spacial score (nSPS) is 31.6. The number of pyridine rings is 1. The highest BCUT2D eigenvalue weighted by molar-refractivity contribution is 5.93. The number of aliphatic hydroxyl groups excluding tert-OH is 2. The predicted molar refractivity (Wildman–Crippen MR) is 138 cm³/mol. The Morgan fingerprint density at radius 1 is 1.08 bits per heavy atom. The molecule has 1 aliphatic heterocycles. The number of carbonyl (C=O) groups excluding carboxylic acids is 1. The van der Waals surface area contributed by atoms with Crippen molar-refractivity contribution < 1.29 is 15.0 Å². The van der Waals surface area contributed by atoms with Crippen LogP contribution in [0, 0.1) is 23.2 Å². The molecule has 5 aliphatic rings. The first-order valence-electron chi connectivity index (χ1n) is 14.0. The first-order valence-corrected chi connectivity index (χ1v) is 14.0. The molecule has 4 aliphatic carbocycles. The van der Waals surface area contributed by atoms with E-state index in [1.54, 1.807) is 0 Å². The van der Waals surface area contributed by atoms with Gasteiger partial charge < -0.3 is 15.5 Å². The molecule has 0 radical (unpaired) electrons. The zero-order valence-corrected chi connectivity index (χ0v) is 21.3. The molecule has 2 aromatic heterocycles. The number of rotatable bonds is 10. The summed E-state index contributed by atoms with van der Waals surface area (Å²) < 4.78 is 1.95. The number of aromatic nitrogens is 2. The van der Waals surface area contributed by atoms with Crippen LogP contribution < -0.4 is 5.32 Å². The first kappa shape index (κ1) is 24.3. The molecule has 4 bridgehead atoms. The second-order valence-electron chi connectivity index (χ2n) is 12.1. The Balaban J connectivity index is 1.10. The number of aliphatic hydroxyl groups is 2. The molecule has 8 nitrogen and oxygen atoms in total. The maximum absolute atomic E-state index is 13.3. The maximum atomic E-state index is 13.3. The summed E-state index contributed by atoms with van der Waals surface area (Å²) in [5, 5.41) is 22.1. The average Bonchev–Trinajstić information content (AvgIpc) is 3.48. The SMILES string of the molecule is O=C(NCC12CC3CC(CC(C3)C1)C2)c1cccc2nc(CN3CC[C@@H](N(CCO)CCO)C3)cn12. The van der Waals surface area contributed by atoms with Gasteiger partial charge in [-0.3, -0.25) is 19.0 Å². The summed E-state index contributed by atoms with van der Waals surface area (Å²) in [5.41, 5.74) is 2.76. The van der Waals surface area contributed by atoms with E-state index in [4.69, 9.17) is 4.98 Å². The van der Waals surface area contributed by atoms with E-state index in [2.05, 4.69) is 15.1 Å². The largest absolute Gasteiger partial charge is 0.395 e. The van der Waals surface area contributed by atoms with Crippen molar-refractivity contribution >= 4 is 11.6 Å². The van der Waals surface area contributed by atoms with E-state index in [9.17, 15) is 15.0 Å². The molecular formula is C28H41N5O3. The number of amides is 1. The van der Waals surface area contributed by atoms with Gasteiger partial charge in [0.15, 0.2) is 0 Å². The second-order valence-corrected chi connectivity index (χ2v) is 12.1. The van der Waals surface area contributed by atoms with Crippen molar-refractivity contribution in [3.05, 3.63) is 35.8 Å². The molecule has 4 saturated carbocycles. The average molecular weight is 496 g/mol. The van der Waals surface area contributed by atoms with Gasteiger partial charge in [0.1, 0.15) is 11.3 Å². The fourth-order valence-corrected chi connectivity index (χ4v) is 8.40. The summed E-state index contributed by atoms with van der Waals surface area (Å²) in [6.07, 6.45) is 11.2. The molecule has 3 heterocycles. The van der Waals surface area contributed by atoms with Crippen LogP contribution in [0.2, 0.25) is 0 Å². The number of hydrogen-bond acceptors (Lipinski definition) is 6. The molecule has 0 aromatic carbocycles. The minimum absolute atomic E-state index is 0.00480. The Kier molecular flexibility index (Phi) is 6.79. The van der Waals surface area contributed by atoms with E-state index in [1.807, 2.05) is 28.8 Å². The number of hydrogen-bond donors (Lipinski definition) is 3. The minimum Gasteiger partial charge on any atom is -0.395 e. The molecule has 2 aromatic rings. The molecule has 7 rings (SSSR count). The van der Waals surface area contributed by atoms with Crippen LogP contribution in [0.4, 0.5) is 0 Å². The Morgan fingerprint density at radius 3 is 2.44 bits per heavy atom. The van der Waals surface area contributed by atoms with Gasteiger partial charge in [-0.2, -0.15) is 0 Å². The molecule has 36 heavy (non-hydrogen) atoms. The summed E-state index contributed by atoms with van der Waals surface area (Å²) in [6.45, 7) is 4.80. The summed E-state index contributed by atoms with van der Waals surface area (Å²) in [5.74, 6) is 2.66. The lowest BCUT2D eigenvalue weighted by molar-refractivity contribution is -0.0503. The first-order chi connectivity index (χ1) is 17.5. The number of imidazole rings is 1. The van der Waals surface area contributed by atoms with Crippen LogP contribution in [0.1, 0.15) is 61.1 Å². The number of nitrogens with one attached hydrogen (secondary N) is 1. The van der Waals surface area contributed by atoms with Gasteiger partial charge in [0.2, 0.25) is 0 Å². The van der Waals surface area contributed by atoms with E-state index in [0.717, 1.165) is 61.7 Å². The van der Waals surface area contributed by atoms with Gasteiger partial charge in [0.05, 0.1) is 18.9 Å². The number of carbonyl (C=O) groups is 1. The standard InChI is InChI=1S/C28H41N5O3/c34-8-6-32(7-9-35)24-4-5-31(18-24)16-23-17-33-25(2-1-3-26(33)30-23)27(36)29-19-28-13-20-10-21(14-28)12-22(11-20)15-28/h1-3,17,20-22,24,34-35H,4-16,18-19H2,(H,29,36)/t20?,21?,22?,24-,28?/m1/s1. The van der Waals surface area contributed by atoms with Crippen molar-refractivity contribution in [2.75, 3.05) is 45.9 Å². The Bertz CT molecular complexity index is 1040. The van der Waals surface area contributed by atoms with Crippen LogP contribution in [-0.2, 0) is 6.54 Å². The monoisotopic (exact) mass is 495 g/mol. The van der Waals surface area contributed by atoms with E-state index in [-0.39, 0.29) is 19.1 Å². The molecule has 1 saturated heterocycles.